The van der Waals surface area contributed by atoms with E-state index in [2.05, 4.69) is 10.2 Å². The van der Waals surface area contributed by atoms with Crippen LogP contribution in [0.2, 0.25) is 0 Å². The summed E-state index contributed by atoms with van der Waals surface area (Å²) in [6.07, 6.45) is 2.56. The first-order valence-electron chi connectivity index (χ1n) is 7.01. The second-order valence-corrected chi connectivity index (χ2v) is 5.76. The number of hydrogen-bond donors (Lipinski definition) is 2. The van der Waals surface area contributed by atoms with E-state index in [4.69, 9.17) is 5.11 Å². The van der Waals surface area contributed by atoms with E-state index < -0.39 is 12.0 Å². The van der Waals surface area contributed by atoms with Gasteiger partial charge in [0.15, 0.2) is 0 Å². The summed E-state index contributed by atoms with van der Waals surface area (Å²) >= 11 is 0. The number of urea groups is 1. The minimum absolute atomic E-state index is 0.116. The van der Waals surface area contributed by atoms with Gasteiger partial charge < -0.3 is 15.3 Å². The van der Waals surface area contributed by atoms with Gasteiger partial charge in [-0.25, -0.2) is 9.59 Å². The fraction of sp³-hybridized carbons (Fsp3) is 0.846. The Morgan fingerprint density at radius 1 is 1.16 bits per heavy atom. The van der Waals surface area contributed by atoms with Crippen molar-refractivity contribution in [3.63, 3.8) is 0 Å². The Balaban J connectivity index is 1.81. The number of carbonyl (C=O) groups is 2. The average Bonchev–Trinajstić information content (AvgIpc) is 3.19. The van der Waals surface area contributed by atoms with Crippen LogP contribution in [0.15, 0.2) is 0 Å². The molecule has 6 heteroatoms. The zero-order valence-corrected chi connectivity index (χ0v) is 11.6. The number of hydrogen-bond acceptors (Lipinski definition) is 3. The second kappa shape index (κ2) is 5.77. The molecule has 0 aromatic carbocycles. The van der Waals surface area contributed by atoms with Crippen LogP contribution in [0.25, 0.3) is 0 Å². The standard InChI is InChI=1S/C13H23N3O3/c1-9(2)11(12(17)18)14-13(19)16-7-5-15(6-8-16)10-3-4-10/h9-11H,3-8H2,1-2H3,(H,14,19)(H,17,18)/t11-/m0/s1. The maximum absolute atomic E-state index is 12.0. The highest BCUT2D eigenvalue weighted by Crippen LogP contribution is 2.27. The number of amides is 2. The van der Waals surface area contributed by atoms with E-state index in [9.17, 15) is 9.59 Å². The van der Waals surface area contributed by atoms with Crippen LogP contribution in [0.3, 0.4) is 0 Å². The smallest absolute Gasteiger partial charge is 0.326 e. The van der Waals surface area contributed by atoms with Crippen molar-refractivity contribution in [1.29, 1.82) is 0 Å². The van der Waals surface area contributed by atoms with E-state index in [0.717, 1.165) is 19.1 Å². The molecule has 1 saturated carbocycles. The summed E-state index contributed by atoms with van der Waals surface area (Å²) in [5.41, 5.74) is 0. The lowest BCUT2D eigenvalue weighted by atomic mass is 10.1. The van der Waals surface area contributed by atoms with Crippen LogP contribution < -0.4 is 5.32 Å². The third kappa shape index (κ3) is 3.59. The monoisotopic (exact) mass is 269 g/mol. The van der Waals surface area contributed by atoms with Crippen molar-refractivity contribution >= 4 is 12.0 Å². The second-order valence-electron chi connectivity index (χ2n) is 5.76. The molecule has 2 rings (SSSR count). The third-order valence-corrected chi connectivity index (χ3v) is 3.88. The van der Waals surface area contributed by atoms with Gasteiger partial charge in [0.1, 0.15) is 6.04 Å². The maximum Gasteiger partial charge on any atom is 0.326 e. The SMILES string of the molecule is CC(C)[C@H](NC(=O)N1CCN(C2CC2)CC1)C(=O)O. The van der Waals surface area contributed by atoms with Crippen LogP contribution >= 0.6 is 0 Å². The topological polar surface area (TPSA) is 72.9 Å². The molecule has 2 aliphatic rings. The van der Waals surface area contributed by atoms with E-state index in [1.54, 1.807) is 18.7 Å². The van der Waals surface area contributed by atoms with Crippen molar-refractivity contribution in [2.24, 2.45) is 5.92 Å². The summed E-state index contributed by atoms with van der Waals surface area (Å²) in [5, 5.41) is 11.7. The van der Waals surface area contributed by atoms with Gasteiger partial charge >= 0.3 is 12.0 Å². The summed E-state index contributed by atoms with van der Waals surface area (Å²) < 4.78 is 0. The van der Waals surface area contributed by atoms with Crippen molar-refractivity contribution in [1.82, 2.24) is 15.1 Å². The van der Waals surface area contributed by atoms with Crippen LogP contribution in [0.1, 0.15) is 26.7 Å². The molecule has 1 heterocycles. The molecule has 0 bridgehead atoms. The van der Waals surface area contributed by atoms with Crippen molar-refractivity contribution < 1.29 is 14.7 Å². The minimum atomic E-state index is -0.972. The summed E-state index contributed by atoms with van der Waals surface area (Å²) in [4.78, 5) is 27.2. The Morgan fingerprint density at radius 2 is 1.74 bits per heavy atom. The fourth-order valence-electron chi connectivity index (χ4n) is 2.47. The molecule has 19 heavy (non-hydrogen) atoms. The normalized spacial score (nSPS) is 22.4. The number of rotatable bonds is 4. The van der Waals surface area contributed by atoms with Gasteiger partial charge in [-0.3, -0.25) is 4.90 Å². The Hall–Kier alpha value is -1.30. The lowest BCUT2D eigenvalue weighted by molar-refractivity contribution is -0.140. The van der Waals surface area contributed by atoms with Gasteiger partial charge in [0.05, 0.1) is 0 Å². The first kappa shape index (κ1) is 14.1. The molecule has 1 aliphatic heterocycles. The third-order valence-electron chi connectivity index (χ3n) is 3.88. The number of carboxylic acids is 1. The number of aliphatic carboxylic acids is 1. The Morgan fingerprint density at radius 3 is 2.16 bits per heavy atom. The van der Waals surface area contributed by atoms with E-state index >= 15 is 0 Å². The van der Waals surface area contributed by atoms with Crippen molar-refractivity contribution in [2.75, 3.05) is 26.2 Å². The first-order valence-corrected chi connectivity index (χ1v) is 7.01. The molecule has 2 fully saturated rings. The van der Waals surface area contributed by atoms with Crippen LogP contribution in [-0.2, 0) is 4.79 Å². The maximum atomic E-state index is 12.0. The number of carbonyl (C=O) groups excluding carboxylic acids is 1. The molecular weight excluding hydrogens is 246 g/mol. The predicted molar refractivity (Wildman–Crippen MR) is 71.0 cm³/mol. The minimum Gasteiger partial charge on any atom is -0.480 e. The van der Waals surface area contributed by atoms with E-state index in [0.29, 0.717) is 13.1 Å². The zero-order chi connectivity index (χ0) is 14.0. The molecule has 1 atom stereocenters. The van der Waals surface area contributed by atoms with Gasteiger partial charge in [-0.2, -0.15) is 0 Å². The molecule has 1 saturated heterocycles. The lowest BCUT2D eigenvalue weighted by Crippen LogP contribution is -2.55. The van der Waals surface area contributed by atoms with Gasteiger partial charge in [-0.1, -0.05) is 13.8 Å². The van der Waals surface area contributed by atoms with E-state index in [-0.39, 0.29) is 11.9 Å². The van der Waals surface area contributed by atoms with Gasteiger partial charge in [-0.05, 0) is 18.8 Å². The van der Waals surface area contributed by atoms with Crippen molar-refractivity contribution in [3.05, 3.63) is 0 Å². The van der Waals surface area contributed by atoms with Crippen LogP contribution in [0, 0.1) is 5.92 Å². The summed E-state index contributed by atoms with van der Waals surface area (Å²) in [5.74, 6) is -1.09. The molecule has 1 aliphatic carbocycles. The molecule has 0 aromatic rings. The van der Waals surface area contributed by atoms with Gasteiger partial charge in [-0.15, -0.1) is 0 Å². The summed E-state index contributed by atoms with van der Waals surface area (Å²) in [6, 6.07) is -0.335. The highest BCUT2D eigenvalue weighted by molar-refractivity contribution is 5.82. The highest BCUT2D eigenvalue weighted by Gasteiger charge is 2.33. The molecule has 0 unspecified atom stereocenters. The Labute approximate surface area is 113 Å². The number of nitrogens with zero attached hydrogens (tertiary/aromatic N) is 2. The largest absolute Gasteiger partial charge is 0.480 e. The molecule has 2 amide bonds. The van der Waals surface area contributed by atoms with Crippen LogP contribution in [0.4, 0.5) is 4.79 Å². The van der Waals surface area contributed by atoms with E-state index in [1.807, 2.05) is 0 Å². The Bertz CT molecular complexity index is 347. The predicted octanol–water partition coefficient (Wildman–Crippen LogP) is 0.585. The van der Waals surface area contributed by atoms with Crippen LogP contribution in [-0.4, -0.2) is 65.2 Å². The molecule has 0 spiro atoms. The molecular formula is C13H23N3O3. The molecule has 0 aromatic heterocycles. The van der Waals surface area contributed by atoms with Gasteiger partial charge in [0.2, 0.25) is 0 Å². The molecule has 0 radical (unpaired) electrons. The summed E-state index contributed by atoms with van der Waals surface area (Å²) in [7, 11) is 0. The number of carboxylic acid groups (broad SMARTS) is 1. The Kier molecular flexibility index (Phi) is 4.29. The average molecular weight is 269 g/mol. The fourth-order valence-corrected chi connectivity index (χ4v) is 2.47. The molecule has 2 N–H and O–H groups in total. The quantitative estimate of drug-likeness (QED) is 0.783. The van der Waals surface area contributed by atoms with E-state index in [1.165, 1.54) is 12.8 Å². The lowest BCUT2D eigenvalue weighted by Gasteiger charge is -2.35. The highest BCUT2D eigenvalue weighted by atomic mass is 16.4. The number of piperazine rings is 1. The van der Waals surface area contributed by atoms with Gasteiger partial charge in [0, 0.05) is 32.2 Å². The summed E-state index contributed by atoms with van der Waals surface area (Å²) in [6.45, 7) is 6.77. The molecule has 6 nitrogen and oxygen atoms in total. The van der Waals surface area contributed by atoms with Gasteiger partial charge in [0.25, 0.3) is 0 Å². The number of nitrogens with one attached hydrogen (secondary N) is 1. The first-order chi connectivity index (χ1) is 8.99. The van der Waals surface area contributed by atoms with Crippen molar-refractivity contribution in [2.45, 2.75) is 38.8 Å². The van der Waals surface area contributed by atoms with Crippen LogP contribution in [0.5, 0.6) is 0 Å². The molecule has 108 valence electrons. The zero-order valence-electron chi connectivity index (χ0n) is 11.6. The van der Waals surface area contributed by atoms with Crippen molar-refractivity contribution in [3.8, 4) is 0 Å².